The summed E-state index contributed by atoms with van der Waals surface area (Å²) in [4.78, 5) is 0. The fourth-order valence-corrected chi connectivity index (χ4v) is 3.36. The Kier molecular flexibility index (Phi) is 3.13. The highest BCUT2D eigenvalue weighted by atomic mass is 32.2. The lowest BCUT2D eigenvalue weighted by Gasteiger charge is -2.13. The third kappa shape index (κ3) is 3.58. The van der Waals surface area contributed by atoms with Crippen LogP contribution < -0.4 is 5.32 Å². The zero-order valence-electron chi connectivity index (χ0n) is 8.14. The maximum absolute atomic E-state index is 11.2. The molecule has 0 aromatic heterocycles. The second kappa shape index (κ2) is 4.23. The molecule has 0 aromatic carbocycles. The van der Waals surface area contributed by atoms with E-state index in [0.29, 0.717) is 13.0 Å². The molecule has 86 valence electrons. The molecule has 0 amide bonds. The fourth-order valence-electron chi connectivity index (χ4n) is 1.45. The molecule has 0 radical (unpaired) electrons. The normalized spacial score (nSPS) is 32.3. The zero-order valence-corrected chi connectivity index (χ0v) is 9.77. The average molecular weight is 251 g/mol. The van der Waals surface area contributed by atoms with E-state index in [1.165, 1.54) is 0 Å². The zero-order chi connectivity index (χ0) is 10.9. The molecule has 1 N–H and O–H groups in total. The van der Waals surface area contributed by atoms with Gasteiger partial charge in [0.2, 0.25) is 0 Å². The molecule has 2 heterocycles. The van der Waals surface area contributed by atoms with Crippen LogP contribution in [0.2, 0.25) is 0 Å². The molecule has 2 aliphatic rings. The molecule has 7 heteroatoms. The fraction of sp³-hybridized carbons (Fsp3) is 0.875. The Bertz CT molecular complexity index is 350. The monoisotopic (exact) mass is 251 g/mol. The average Bonchev–Trinajstić information content (AvgIpc) is 2.89. The van der Waals surface area contributed by atoms with Crippen LogP contribution in [0.25, 0.3) is 0 Å². The first-order valence-electron chi connectivity index (χ1n) is 4.80. The van der Waals surface area contributed by atoms with Crippen molar-refractivity contribution in [3.63, 3.8) is 0 Å². The van der Waals surface area contributed by atoms with Crippen LogP contribution in [0, 0.1) is 0 Å². The third-order valence-corrected chi connectivity index (χ3v) is 4.36. The molecule has 2 rings (SSSR count). The van der Waals surface area contributed by atoms with E-state index in [9.17, 15) is 8.42 Å². The summed E-state index contributed by atoms with van der Waals surface area (Å²) in [6, 6.07) is -0.0948. The standard InChI is InChI=1S/C8H13NO4S2/c10-15(11)2-1-6(5-15)9-8(14)13-4-7-3-12-7/h6-7H,1-5H2,(H,9,14)/t6-,7-/m1/s1. The number of rotatable bonds is 3. The maximum atomic E-state index is 11.2. The summed E-state index contributed by atoms with van der Waals surface area (Å²) in [5, 5.41) is 3.16. The van der Waals surface area contributed by atoms with Crippen molar-refractivity contribution in [2.75, 3.05) is 24.7 Å². The van der Waals surface area contributed by atoms with Crippen LogP contribution in [-0.2, 0) is 19.3 Å². The Morgan fingerprint density at radius 1 is 1.60 bits per heavy atom. The largest absolute Gasteiger partial charge is 0.468 e. The van der Waals surface area contributed by atoms with E-state index < -0.39 is 9.84 Å². The van der Waals surface area contributed by atoms with Gasteiger partial charge in [-0.25, -0.2) is 8.42 Å². The Labute approximate surface area is 94.0 Å². The van der Waals surface area contributed by atoms with Crippen LogP contribution in [0.3, 0.4) is 0 Å². The highest BCUT2D eigenvalue weighted by molar-refractivity contribution is 7.91. The molecule has 0 unspecified atom stereocenters. The number of thiocarbonyl (C=S) groups is 1. The number of hydrogen-bond donors (Lipinski definition) is 1. The summed E-state index contributed by atoms with van der Waals surface area (Å²) >= 11 is 4.93. The minimum absolute atomic E-state index is 0.0948. The predicted molar refractivity (Wildman–Crippen MR) is 58.5 cm³/mol. The van der Waals surface area contributed by atoms with Crippen LogP contribution >= 0.6 is 12.2 Å². The van der Waals surface area contributed by atoms with Gasteiger partial charge in [-0.1, -0.05) is 0 Å². The summed E-state index contributed by atoms with van der Waals surface area (Å²) in [5.74, 6) is 0.384. The number of sulfone groups is 1. The van der Waals surface area contributed by atoms with E-state index in [2.05, 4.69) is 5.32 Å². The SMILES string of the molecule is O=S1(=O)CC[C@@H](NC(=S)OC[C@H]2CO2)C1. The second-order valence-electron chi connectivity index (χ2n) is 3.80. The minimum Gasteiger partial charge on any atom is -0.468 e. The van der Waals surface area contributed by atoms with Gasteiger partial charge >= 0.3 is 0 Å². The topological polar surface area (TPSA) is 67.9 Å². The second-order valence-corrected chi connectivity index (χ2v) is 6.40. The first kappa shape index (κ1) is 11.1. The Morgan fingerprint density at radius 2 is 2.33 bits per heavy atom. The van der Waals surface area contributed by atoms with Crippen molar-refractivity contribution in [1.82, 2.24) is 5.32 Å². The molecule has 0 aliphatic carbocycles. The molecule has 5 nitrogen and oxygen atoms in total. The van der Waals surface area contributed by atoms with Gasteiger partial charge in [-0.2, -0.15) is 0 Å². The highest BCUT2D eigenvalue weighted by Gasteiger charge is 2.29. The highest BCUT2D eigenvalue weighted by Crippen LogP contribution is 2.12. The molecule has 2 aliphatic heterocycles. The lowest BCUT2D eigenvalue weighted by Crippen LogP contribution is -2.36. The summed E-state index contributed by atoms with van der Waals surface area (Å²) < 4.78 is 32.5. The number of nitrogens with one attached hydrogen (secondary N) is 1. The number of ether oxygens (including phenoxy) is 2. The van der Waals surface area contributed by atoms with Crippen molar-refractivity contribution in [1.29, 1.82) is 0 Å². The summed E-state index contributed by atoms with van der Waals surface area (Å²) in [5.41, 5.74) is 0. The van der Waals surface area contributed by atoms with Gasteiger partial charge in [-0.05, 0) is 18.6 Å². The van der Waals surface area contributed by atoms with Gasteiger partial charge in [0.25, 0.3) is 5.17 Å². The van der Waals surface area contributed by atoms with Gasteiger partial charge in [-0.3, -0.25) is 0 Å². The Balaban J connectivity index is 1.69. The van der Waals surface area contributed by atoms with Crippen LogP contribution in [0.1, 0.15) is 6.42 Å². The molecule has 2 fully saturated rings. The molecule has 2 atom stereocenters. The van der Waals surface area contributed by atoms with Crippen molar-refractivity contribution in [2.24, 2.45) is 0 Å². The van der Waals surface area contributed by atoms with Crippen molar-refractivity contribution in [3.05, 3.63) is 0 Å². The van der Waals surface area contributed by atoms with E-state index in [4.69, 9.17) is 21.7 Å². The van der Waals surface area contributed by atoms with E-state index in [0.717, 1.165) is 6.61 Å². The summed E-state index contributed by atoms with van der Waals surface area (Å²) in [6.07, 6.45) is 0.767. The van der Waals surface area contributed by atoms with Crippen LogP contribution in [0.5, 0.6) is 0 Å². The van der Waals surface area contributed by atoms with Crippen LogP contribution in [0.4, 0.5) is 0 Å². The van der Waals surface area contributed by atoms with Crippen molar-refractivity contribution in [2.45, 2.75) is 18.6 Å². The van der Waals surface area contributed by atoms with E-state index in [-0.39, 0.29) is 28.8 Å². The molecular formula is C8H13NO4S2. The van der Waals surface area contributed by atoms with E-state index in [1.54, 1.807) is 0 Å². The number of epoxide rings is 1. The quantitative estimate of drug-likeness (QED) is 0.537. The van der Waals surface area contributed by atoms with E-state index in [1.807, 2.05) is 0 Å². The van der Waals surface area contributed by atoms with Gasteiger partial charge in [0.05, 0.1) is 18.1 Å². The molecule has 2 saturated heterocycles. The van der Waals surface area contributed by atoms with Crippen LogP contribution in [0.15, 0.2) is 0 Å². The maximum Gasteiger partial charge on any atom is 0.256 e. The molecular weight excluding hydrogens is 238 g/mol. The summed E-state index contributed by atoms with van der Waals surface area (Å²) in [6.45, 7) is 1.17. The smallest absolute Gasteiger partial charge is 0.256 e. The lowest BCUT2D eigenvalue weighted by molar-refractivity contribution is 0.247. The van der Waals surface area contributed by atoms with Crippen molar-refractivity contribution in [3.8, 4) is 0 Å². The predicted octanol–water partition coefficient (Wildman–Crippen LogP) is -0.537. The Hall–Kier alpha value is -0.400. The Morgan fingerprint density at radius 3 is 2.87 bits per heavy atom. The van der Waals surface area contributed by atoms with Crippen LogP contribution in [-0.4, -0.2) is 50.5 Å². The van der Waals surface area contributed by atoms with Gasteiger partial charge in [0.1, 0.15) is 12.7 Å². The number of hydrogen-bond acceptors (Lipinski definition) is 5. The third-order valence-electron chi connectivity index (χ3n) is 2.36. The van der Waals surface area contributed by atoms with Gasteiger partial charge in [0.15, 0.2) is 9.84 Å². The lowest BCUT2D eigenvalue weighted by atomic mass is 10.3. The van der Waals surface area contributed by atoms with Crippen molar-refractivity contribution >= 4 is 27.2 Å². The summed E-state index contributed by atoms with van der Waals surface area (Å²) in [7, 11) is -2.86. The molecule has 0 saturated carbocycles. The molecule has 0 spiro atoms. The minimum atomic E-state index is -2.86. The first-order chi connectivity index (χ1) is 7.05. The molecule has 0 aromatic rings. The van der Waals surface area contributed by atoms with Gasteiger partial charge in [0, 0.05) is 6.04 Å². The van der Waals surface area contributed by atoms with E-state index >= 15 is 0 Å². The molecule has 15 heavy (non-hydrogen) atoms. The van der Waals surface area contributed by atoms with Gasteiger partial charge in [-0.15, -0.1) is 0 Å². The first-order valence-corrected chi connectivity index (χ1v) is 7.03. The van der Waals surface area contributed by atoms with Gasteiger partial charge < -0.3 is 14.8 Å². The van der Waals surface area contributed by atoms with Crippen molar-refractivity contribution < 1.29 is 17.9 Å². The molecule has 0 bridgehead atoms.